The van der Waals surface area contributed by atoms with E-state index >= 15 is 0 Å². The molecule has 17 heavy (non-hydrogen) atoms. The van der Waals surface area contributed by atoms with Gasteiger partial charge in [-0.1, -0.05) is 0 Å². The summed E-state index contributed by atoms with van der Waals surface area (Å²) < 4.78 is 17.4. The van der Waals surface area contributed by atoms with E-state index in [1.165, 1.54) is 0 Å². The fourth-order valence-electron chi connectivity index (χ4n) is 1.89. The van der Waals surface area contributed by atoms with Crippen molar-refractivity contribution < 1.29 is 73.3 Å². The van der Waals surface area contributed by atoms with E-state index in [1.54, 1.807) is 13.6 Å². The van der Waals surface area contributed by atoms with E-state index < -0.39 is 25.5 Å². The fourth-order valence-corrected chi connectivity index (χ4v) is 3.81. The van der Waals surface area contributed by atoms with E-state index in [2.05, 4.69) is 6.92 Å². The molecule has 1 aliphatic heterocycles. The molecule has 3 unspecified atom stereocenters. The minimum atomic E-state index is -2.29. The second-order valence-electron chi connectivity index (χ2n) is 4.42. The maximum absolute atomic E-state index is 12.0. The topological polar surface area (TPSA) is 66.8 Å². The van der Waals surface area contributed by atoms with Gasteiger partial charge >= 0.3 is 0 Å². The number of aliphatic hydroxyl groups excluding tert-OH is 2. The summed E-state index contributed by atoms with van der Waals surface area (Å²) in [7, 11) is -2.29. The molecule has 2 N–H and O–H groups in total. The van der Waals surface area contributed by atoms with Gasteiger partial charge < -0.3 is 26.4 Å². The molecule has 1 aliphatic rings. The van der Waals surface area contributed by atoms with Crippen LogP contribution >= 0.6 is 7.14 Å². The molecule has 5 atom stereocenters. The van der Waals surface area contributed by atoms with Crippen molar-refractivity contribution in [2.45, 2.75) is 37.8 Å². The van der Waals surface area contributed by atoms with Crippen LogP contribution in [0.5, 0.6) is 0 Å². The molecule has 7 heteroatoms. The van der Waals surface area contributed by atoms with Gasteiger partial charge in [-0.15, -0.1) is 0 Å². The van der Waals surface area contributed by atoms with Crippen LogP contribution < -0.4 is 0 Å². The molecule has 0 aromatic rings. The van der Waals surface area contributed by atoms with E-state index in [0.717, 1.165) is 0 Å². The number of hydrogen-bond acceptors (Lipinski definition) is 4. The SMILES string of the molecule is [CH2-]CCP(C)(=O)CC1OC(C)[C@H](O)[C@@H]1O.[W].[Y]. The van der Waals surface area contributed by atoms with Crippen LogP contribution in [0.2, 0.25) is 0 Å². The number of aliphatic hydroxyl groups is 2. The second-order valence-corrected chi connectivity index (χ2v) is 7.82. The Morgan fingerprint density at radius 1 is 1.35 bits per heavy atom. The van der Waals surface area contributed by atoms with Crippen molar-refractivity contribution in [3.63, 3.8) is 0 Å². The molecule has 1 rings (SSSR count). The quantitative estimate of drug-likeness (QED) is 0.434. The molecule has 0 amide bonds. The van der Waals surface area contributed by atoms with Gasteiger partial charge in [0, 0.05) is 59.9 Å². The first-order valence-corrected chi connectivity index (χ1v) is 7.76. The zero-order valence-corrected chi connectivity index (χ0v) is 16.9. The summed E-state index contributed by atoms with van der Waals surface area (Å²) in [4.78, 5) is 0. The summed E-state index contributed by atoms with van der Waals surface area (Å²) in [6.07, 6.45) is -1.17. The van der Waals surface area contributed by atoms with Gasteiger partial charge in [-0.25, -0.2) is 0 Å². The molecule has 1 heterocycles. The predicted molar refractivity (Wildman–Crippen MR) is 59.6 cm³/mol. The summed E-state index contributed by atoms with van der Waals surface area (Å²) in [6.45, 7) is 7.07. The van der Waals surface area contributed by atoms with Gasteiger partial charge in [0.2, 0.25) is 0 Å². The Labute approximate surface area is 143 Å². The largest absolute Gasteiger partial charge is 0.388 e. The van der Waals surface area contributed by atoms with Crippen LogP contribution in [0.3, 0.4) is 0 Å². The monoisotopic (exact) mass is 508 g/mol. The first-order valence-electron chi connectivity index (χ1n) is 5.24. The molecule has 1 fully saturated rings. The first-order chi connectivity index (χ1) is 6.87. The van der Waals surface area contributed by atoms with Crippen molar-refractivity contribution in [3.05, 3.63) is 6.92 Å². The van der Waals surface area contributed by atoms with E-state index in [4.69, 9.17) is 4.74 Å². The van der Waals surface area contributed by atoms with Gasteiger partial charge in [-0.2, -0.15) is 6.42 Å². The average molecular weight is 508 g/mol. The molecule has 99 valence electrons. The molecule has 4 nitrogen and oxygen atoms in total. The predicted octanol–water partition coefficient (Wildman–Crippen LogP) is 0.708. The summed E-state index contributed by atoms with van der Waals surface area (Å²) in [5, 5.41) is 19.1. The van der Waals surface area contributed by atoms with Crippen LogP contribution in [0, 0.1) is 6.92 Å². The number of rotatable bonds is 4. The zero-order chi connectivity index (χ0) is 11.6. The second kappa shape index (κ2) is 8.95. The molecule has 0 spiro atoms. The third kappa shape index (κ3) is 6.26. The van der Waals surface area contributed by atoms with Crippen molar-refractivity contribution in [2.75, 3.05) is 19.0 Å². The average Bonchev–Trinajstić information content (AvgIpc) is 2.33. The van der Waals surface area contributed by atoms with Crippen molar-refractivity contribution >= 4 is 7.14 Å². The van der Waals surface area contributed by atoms with Crippen LogP contribution in [0.4, 0.5) is 0 Å². The van der Waals surface area contributed by atoms with Gasteiger partial charge in [0.15, 0.2) is 0 Å². The van der Waals surface area contributed by atoms with Crippen LogP contribution in [-0.4, -0.2) is 53.6 Å². The Balaban J connectivity index is 0. The fraction of sp³-hybridized carbons (Fsp3) is 0.900. The molecular weight excluding hydrogens is 488 g/mol. The Kier molecular flexibility index (Phi) is 11.2. The summed E-state index contributed by atoms with van der Waals surface area (Å²) in [6, 6.07) is 0. The Morgan fingerprint density at radius 2 is 1.88 bits per heavy atom. The van der Waals surface area contributed by atoms with E-state index in [0.29, 0.717) is 18.7 Å². The minimum Gasteiger partial charge on any atom is -0.388 e. The first kappa shape index (κ1) is 21.2. The third-order valence-corrected chi connectivity index (χ3v) is 5.19. The van der Waals surface area contributed by atoms with Gasteiger partial charge in [0.05, 0.1) is 19.3 Å². The van der Waals surface area contributed by atoms with E-state index in [9.17, 15) is 14.8 Å². The molecule has 0 aromatic carbocycles. The van der Waals surface area contributed by atoms with Gasteiger partial charge in [0.25, 0.3) is 0 Å². The van der Waals surface area contributed by atoms with Crippen molar-refractivity contribution in [2.24, 2.45) is 0 Å². The summed E-state index contributed by atoms with van der Waals surface area (Å²) >= 11 is 0. The molecule has 1 radical (unpaired) electrons. The summed E-state index contributed by atoms with van der Waals surface area (Å²) in [5.74, 6) is 0. The van der Waals surface area contributed by atoms with Crippen LogP contribution in [-0.2, 0) is 63.1 Å². The van der Waals surface area contributed by atoms with Crippen LogP contribution in [0.25, 0.3) is 0 Å². The maximum Gasteiger partial charge on any atom is 0.109 e. The Morgan fingerprint density at radius 3 is 2.24 bits per heavy atom. The standard InChI is InChI=1S/C10H20O4P.W.Y/c1-4-5-15(3,13)6-8-10(12)9(11)7(2)14-8;;/h7-12H,1,4-6H2,2-3H3;;/q-1;;/t7?,8?,9-,10+,15?;;/m0../s1. The normalized spacial score (nSPS) is 35.6. The number of ether oxygens (including phenoxy) is 1. The molecule has 0 aliphatic carbocycles. The van der Waals surface area contributed by atoms with Crippen molar-refractivity contribution in [3.8, 4) is 0 Å². The van der Waals surface area contributed by atoms with Gasteiger partial charge in [0.1, 0.15) is 12.2 Å². The van der Waals surface area contributed by atoms with Crippen molar-refractivity contribution in [1.82, 2.24) is 0 Å². The third-order valence-electron chi connectivity index (χ3n) is 2.80. The molecule has 0 saturated carbocycles. The van der Waals surface area contributed by atoms with Gasteiger partial charge in [-0.05, 0) is 19.8 Å². The molecule has 1 saturated heterocycles. The minimum absolute atomic E-state index is 0. The van der Waals surface area contributed by atoms with Crippen LogP contribution in [0.15, 0.2) is 0 Å². The smallest absolute Gasteiger partial charge is 0.109 e. The molecule has 0 aromatic heterocycles. The Bertz CT molecular complexity index is 267. The van der Waals surface area contributed by atoms with Crippen LogP contribution in [0.1, 0.15) is 13.3 Å². The van der Waals surface area contributed by atoms with E-state index in [1.807, 2.05) is 0 Å². The zero-order valence-electron chi connectivity index (χ0n) is 10.3. The Hall–Kier alpha value is 1.90. The summed E-state index contributed by atoms with van der Waals surface area (Å²) in [5.41, 5.74) is 0. The van der Waals surface area contributed by atoms with E-state index in [-0.39, 0.29) is 59.9 Å². The maximum atomic E-state index is 12.0. The van der Waals surface area contributed by atoms with Crippen molar-refractivity contribution in [1.29, 1.82) is 0 Å². The molecular formula is C10H20O4PWY-. The van der Waals surface area contributed by atoms with Gasteiger partial charge in [-0.3, -0.25) is 0 Å². The number of hydrogen-bond donors (Lipinski definition) is 2. The molecule has 0 bridgehead atoms.